The fourth-order valence-electron chi connectivity index (χ4n) is 5.25. The third-order valence-electron chi connectivity index (χ3n) is 6.79. The first-order valence-electron chi connectivity index (χ1n) is 11.0. The summed E-state index contributed by atoms with van der Waals surface area (Å²) in [6, 6.07) is 1.14. The van der Waals surface area contributed by atoms with Gasteiger partial charge in [-0.2, -0.15) is 0 Å². The van der Waals surface area contributed by atoms with Crippen LogP contribution in [0.3, 0.4) is 0 Å². The molecule has 146 valence electrons. The van der Waals surface area contributed by atoms with E-state index in [0.717, 1.165) is 0 Å². The molecule has 2 rings (SSSR count). The number of fused-ring (bicyclic) bond motifs is 2. The van der Waals surface area contributed by atoms with Gasteiger partial charge in [0.15, 0.2) is 0 Å². The molecule has 0 radical (unpaired) electrons. The number of carbonyl (C=O) groups is 1. The van der Waals surface area contributed by atoms with Crippen molar-refractivity contribution in [1.82, 2.24) is 4.90 Å². The smallest absolute Gasteiger partial charge is 0.310 e. The van der Waals surface area contributed by atoms with Gasteiger partial charge in [0.2, 0.25) is 0 Å². The minimum atomic E-state index is 0.0364. The number of hydrogen-bond acceptors (Lipinski definition) is 3. The van der Waals surface area contributed by atoms with Crippen LogP contribution in [0.4, 0.5) is 0 Å². The van der Waals surface area contributed by atoms with E-state index in [9.17, 15) is 4.79 Å². The van der Waals surface area contributed by atoms with Gasteiger partial charge in [0, 0.05) is 12.1 Å². The summed E-state index contributed by atoms with van der Waals surface area (Å²) in [5, 5.41) is 0. The van der Waals surface area contributed by atoms with Gasteiger partial charge < -0.3 is 4.74 Å². The van der Waals surface area contributed by atoms with Crippen molar-refractivity contribution in [2.45, 2.75) is 109 Å². The number of methoxy groups -OCH3 is 1. The van der Waals surface area contributed by atoms with Crippen LogP contribution in [0.1, 0.15) is 96.8 Å². The topological polar surface area (TPSA) is 29.5 Å². The second-order valence-corrected chi connectivity index (χ2v) is 8.48. The van der Waals surface area contributed by atoms with E-state index in [1.165, 1.54) is 89.9 Å². The lowest BCUT2D eigenvalue weighted by Gasteiger charge is -2.41. The van der Waals surface area contributed by atoms with Crippen molar-refractivity contribution in [3.63, 3.8) is 0 Å². The van der Waals surface area contributed by atoms with Crippen LogP contribution in [0, 0.1) is 11.8 Å². The average molecular weight is 352 g/mol. The van der Waals surface area contributed by atoms with Gasteiger partial charge in [0.25, 0.3) is 0 Å². The molecule has 0 aromatic heterocycles. The fourth-order valence-corrected chi connectivity index (χ4v) is 5.25. The van der Waals surface area contributed by atoms with Crippen molar-refractivity contribution in [1.29, 1.82) is 0 Å². The average Bonchev–Trinajstić information content (AvgIpc) is 2.85. The van der Waals surface area contributed by atoms with Gasteiger partial charge in [-0.15, -0.1) is 0 Å². The van der Waals surface area contributed by atoms with E-state index < -0.39 is 0 Å². The Morgan fingerprint density at radius 3 is 2.16 bits per heavy atom. The zero-order valence-corrected chi connectivity index (χ0v) is 17.0. The normalized spacial score (nSPS) is 29.1. The number of carbonyl (C=O) groups excluding carboxylic acids is 1. The van der Waals surface area contributed by atoms with Crippen LogP contribution < -0.4 is 0 Å². The van der Waals surface area contributed by atoms with Gasteiger partial charge in [-0.25, -0.2) is 0 Å². The summed E-state index contributed by atoms with van der Waals surface area (Å²) in [5.74, 6) is 0.705. The highest BCUT2D eigenvalue weighted by Gasteiger charge is 2.48. The molecular weight excluding hydrogens is 310 g/mol. The molecule has 0 unspecified atom stereocenters. The van der Waals surface area contributed by atoms with E-state index in [0.29, 0.717) is 18.0 Å². The summed E-state index contributed by atoms with van der Waals surface area (Å²) in [6.07, 6.45) is 18.7. The fraction of sp³-hybridized carbons (Fsp3) is 0.955. The minimum Gasteiger partial charge on any atom is -0.469 e. The first-order valence-corrected chi connectivity index (χ1v) is 11.0. The van der Waals surface area contributed by atoms with E-state index in [-0.39, 0.29) is 11.9 Å². The third kappa shape index (κ3) is 5.98. The first kappa shape index (κ1) is 20.7. The molecule has 25 heavy (non-hydrogen) atoms. The maximum absolute atomic E-state index is 12.3. The molecule has 2 fully saturated rings. The van der Waals surface area contributed by atoms with Gasteiger partial charge in [-0.1, -0.05) is 71.1 Å². The van der Waals surface area contributed by atoms with Crippen molar-refractivity contribution in [2.75, 3.05) is 14.2 Å². The van der Waals surface area contributed by atoms with Crippen LogP contribution in [0.2, 0.25) is 0 Å². The highest BCUT2D eigenvalue weighted by molar-refractivity contribution is 5.74. The zero-order chi connectivity index (χ0) is 18.1. The van der Waals surface area contributed by atoms with Crippen molar-refractivity contribution in [2.24, 2.45) is 11.8 Å². The lowest BCUT2D eigenvalue weighted by Crippen LogP contribution is -2.49. The van der Waals surface area contributed by atoms with Crippen LogP contribution in [-0.4, -0.2) is 37.1 Å². The van der Waals surface area contributed by atoms with E-state index in [4.69, 9.17) is 4.74 Å². The quantitative estimate of drug-likeness (QED) is 0.340. The molecule has 2 aliphatic rings. The van der Waals surface area contributed by atoms with Crippen molar-refractivity contribution in [3.05, 3.63) is 0 Å². The standard InChI is InChI=1S/C22H41NO2/c1-4-5-6-7-8-9-10-11-12-13-14-18-17-19-15-16-20(23(19)2)21(18)22(24)25-3/h18-21H,4-17H2,1-3H3/t18-,19-,20+,21-/m0/s1. The maximum Gasteiger partial charge on any atom is 0.310 e. The first-order chi connectivity index (χ1) is 12.2. The Hall–Kier alpha value is -0.570. The van der Waals surface area contributed by atoms with Gasteiger partial charge in [0.1, 0.15) is 0 Å². The molecule has 0 saturated carbocycles. The van der Waals surface area contributed by atoms with Crippen LogP contribution in [-0.2, 0) is 9.53 Å². The highest BCUT2D eigenvalue weighted by Crippen LogP contribution is 2.43. The second-order valence-electron chi connectivity index (χ2n) is 8.48. The van der Waals surface area contributed by atoms with Crippen molar-refractivity contribution >= 4 is 5.97 Å². The number of rotatable bonds is 12. The molecule has 0 aliphatic carbocycles. The number of piperidine rings is 1. The Bertz CT molecular complexity index is 384. The van der Waals surface area contributed by atoms with Crippen LogP contribution >= 0.6 is 0 Å². The Kier molecular flexibility index (Phi) is 9.30. The molecule has 3 nitrogen and oxygen atoms in total. The summed E-state index contributed by atoms with van der Waals surface area (Å²) in [6.45, 7) is 2.28. The predicted molar refractivity (Wildman–Crippen MR) is 105 cm³/mol. The monoisotopic (exact) mass is 351 g/mol. The molecule has 0 amide bonds. The van der Waals surface area contributed by atoms with E-state index in [1.54, 1.807) is 7.11 Å². The summed E-state index contributed by atoms with van der Waals surface area (Å²) in [5.41, 5.74) is 0. The van der Waals surface area contributed by atoms with Gasteiger partial charge in [0.05, 0.1) is 13.0 Å². The van der Waals surface area contributed by atoms with Gasteiger partial charge in [-0.05, 0) is 38.6 Å². The summed E-state index contributed by atoms with van der Waals surface area (Å²) < 4.78 is 5.15. The Labute approximate surface area is 155 Å². The number of ether oxygens (including phenoxy) is 1. The van der Waals surface area contributed by atoms with Gasteiger partial charge >= 0.3 is 5.97 Å². The molecule has 2 heterocycles. The summed E-state index contributed by atoms with van der Waals surface area (Å²) in [4.78, 5) is 14.8. The Morgan fingerprint density at radius 2 is 1.56 bits per heavy atom. The number of nitrogens with zero attached hydrogens (tertiary/aromatic N) is 1. The molecule has 2 bridgehead atoms. The minimum absolute atomic E-state index is 0.0364. The second kappa shape index (κ2) is 11.2. The zero-order valence-electron chi connectivity index (χ0n) is 17.0. The molecule has 0 aromatic carbocycles. The SMILES string of the molecule is CCCCCCCCCCCC[C@H]1C[C@@H]2CC[C@H]([C@H]1C(=O)OC)N2C. The van der Waals surface area contributed by atoms with Crippen LogP contribution in [0.5, 0.6) is 0 Å². The number of esters is 1. The van der Waals surface area contributed by atoms with Crippen LogP contribution in [0.25, 0.3) is 0 Å². The molecule has 0 aromatic rings. The van der Waals surface area contributed by atoms with Crippen molar-refractivity contribution < 1.29 is 9.53 Å². The Morgan fingerprint density at radius 1 is 0.960 bits per heavy atom. The molecule has 2 saturated heterocycles. The lowest BCUT2D eigenvalue weighted by atomic mass is 9.77. The molecule has 3 heteroatoms. The van der Waals surface area contributed by atoms with Gasteiger partial charge in [-0.3, -0.25) is 9.69 Å². The molecular formula is C22H41NO2. The third-order valence-corrected chi connectivity index (χ3v) is 6.79. The van der Waals surface area contributed by atoms with E-state index >= 15 is 0 Å². The van der Waals surface area contributed by atoms with E-state index in [2.05, 4.69) is 18.9 Å². The number of hydrogen-bond donors (Lipinski definition) is 0. The molecule has 4 atom stereocenters. The van der Waals surface area contributed by atoms with E-state index in [1.807, 2.05) is 0 Å². The molecule has 2 aliphatic heterocycles. The lowest BCUT2D eigenvalue weighted by molar-refractivity contribution is -0.152. The highest BCUT2D eigenvalue weighted by atomic mass is 16.5. The molecule has 0 N–H and O–H groups in total. The summed E-state index contributed by atoms with van der Waals surface area (Å²) >= 11 is 0. The maximum atomic E-state index is 12.3. The van der Waals surface area contributed by atoms with Crippen LogP contribution in [0.15, 0.2) is 0 Å². The summed E-state index contributed by atoms with van der Waals surface area (Å²) in [7, 11) is 3.76. The predicted octanol–water partition coefficient (Wildman–Crippen LogP) is 5.57. The van der Waals surface area contributed by atoms with Crippen molar-refractivity contribution in [3.8, 4) is 0 Å². The Balaban J connectivity index is 1.62. The number of unbranched alkanes of at least 4 members (excludes halogenated alkanes) is 9. The largest absolute Gasteiger partial charge is 0.469 e. The molecule has 0 spiro atoms.